The second-order valence-electron chi connectivity index (χ2n) is 6.79. The molecule has 0 amide bonds. The van der Waals surface area contributed by atoms with E-state index in [0.29, 0.717) is 12.5 Å². The molecule has 0 aliphatic carbocycles. The van der Waals surface area contributed by atoms with E-state index in [9.17, 15) is 0 Å². The summed E-state index contributed by atoms with van der Waals surface area (Å²) in [5.41, 5.74) is 4.54. The molecule has 1 aliphatic rings. The van der Waals surface area contributed by atoms with Crippen LogP contribution in [-0.2, 0) is 6.54 Å². The molecule has 27 heavy (non-hydrogen) atoms. The van der Waals surface area contributed by atoms with Gasteiger partial charge in [0.2, 0.25) is 0 Å². The zero-order valence-electron chi connectivity index (χ0n) is 16.5. The summed E-state index contributed by atoms with van der Waals surface area (Å²) in [5.74, 6) is 2.41. The Bertz CT molecular complexity index is 779. The number of ether oxygens (including phenoxy) is 1. The van der Waals surface area contributed by atoms with Crippen LogP contribution >= 0.6 is 24.0 Å². The number of aryl methyl sites for hydroxylation is 1. The molecular formula is C21H29IN4O. The second-order valence-corrected chi connectivity index (χ2v) is 6.79. The topological polar surface area (TPSA) is 49.8 Å². The first-order chi connectivity index (χ1) is 12.6. The first-order valence-electron chi connectivity index (χ1n) is 9.13. The number of benzene rings is 1. The summed E-state index contributed by atoms with van der Waals surface area (Å²) in [7, 11) is 3.55. The van der Waals surface area contributed by atoms with E-state index in [1.807, 2.05) is 20.2 Å². The summed E-state index contributed by atoms with van der Waals surface area (Å²) in [6, 6.07) is 10.7. The third-order valence-corrected chi connectivity index (χ3v) is 5.13. The summed E-state index contributed by atoms with van der Waals surface area (Å²) < 4.78 is 5.50. The largest absolute Gasteiger partial charge is 0.496 e. The molecule has 0 bridgehead atoms. The van der Waals surface area contributed by atoms with Crippen molar-refractivity contribution < 1.29 is 4.74 Å². The highest BCUT2D eigenvalue weighted by Gasteiger charge is 2.26. The lowest BCUT2D eigenvalue weighted by Crippen LogP contribution is -2.39. The first-order valence-corrected chi connectivity index (χ1v) is 9.13. The highest BCUT2D eigenvalue weighted by molar-refractivity contribution is 14.0. The van der Waals surface area contributed by atoms with Crippen molar-refractivity contribution in [2.24, 2.45) is 4.99 Å². The van der Waals surface area contributed by atoms with E-state index in [4.69, 9.17) is 4.74 Å². The van der Waals surface area contributed by atoms with E-state index in [1.165, 1.54) is 5.56 Å². The molecule has 2 heterocycles. The maximum Gasteiger partial charge on any atom is 0.193 e. The molecule has 6 heteroatoms. The highest BCUT2D eigenvalue weighted by Crippen LogP contribution is 2.27. The second kappa shape index (κ2) is 9.92. The molecule has 1 aliphatic heterocycles. The standard InChI is InChI=1S/C21H28N4O.HI/c1-15-12-23-19(16(2)20(15)26-4)13-24-21(22-3)25-11-10-18(14-25)17-8-6-5-7-9-17;/h5-9,12,18H,10-11,13-14H2,1-4H3,(H,22,24);1H. The molecule has 1 aromatic carbocycles. The van der Waals surface area contributed by atoms with Crippen molar-refractivity contribution >= 4 is 29.9 Å². The van der Waals surface area contributed by atoms with Crippen LogP contribution in [0.3, 0.4) is 0 Å². The SMILES string of the molecule is CN=C(NCc1ncc(C)c(OC)c1C)N1CCC(c2ccccc2)C1.I. The lowest BCUT2D eigenvalue weighted by atomic mass is 9.99. The Kier molecular flexibility index (Phi) is 7.89. The molecular weight excluding hydrogens is 451 g/mol. The van der Waals surface area contributed by atoms with E-state index < -0.39 is 0 Å². The molecule has 1 fully saturated rings. The van der Waals surface area contributed by atoms with Gasteiger partial charge in [-0.2, -0.15) is 0 Å². The number of hydrogen-bond donors (Lipinski definition) is 1. The minimum absolute atomic E-state index is 0. The number of aromatic nitrogens is 1. The lowest BCUT2D eigenvalue weighted by Gasteiger charge is -2.22. The smallest absolute Gasteiger partial charge is 0.193 e. The first kappa shape index (κ1) is 21.5. The van der Waals surface area contributed by atoms with Crippen molar-refractivity contribution in [3.63, 3.8) is 0 Å². The minimum atomic E-state index is 0. The lowest BCUT2D eigenvalue weighted by molar-refractivity contribution is 0.406. The summed E-state index contributed by atoms with van der Waals surface area (Å²) >= 11 is 0. The minimum Gasteiger partial charge on any atom is -0.496 e. The van der Waals surface area contributed by atoms with Gasteiger partial charge in [0.05, 0.1) is 19.3 Å². The van der Waals surface area contributed by atoms with E-state index in [-0.39, 0.29) is 24.0 Å². The molecule has 1 saturated heterocycles. The van der Waals surface area contributed by atoms with Crippen LogP contribution in [0.1, 0.15) is 34.7 Å². The van der Waals surface area contributed by atoms with E-state index in [2.05, 4.69) is 57.4 Å². The monoisotopic (exact) mass is 480 g/mol. The third-order valence-electron chi connectivity index (χ3n) is 5.13. The van der Waals surface area contributed by atoms with Crippen LogP contribution in [0, 0.1) is 13.8 Å². The van der Waals surface area contributed by atoms with Gasteiger partial charge in [0, 0.05) is 43.4 Å². The Morgan fingerprint density at radius 1 is 1.30 bits per heavy atom. The van der Waals surface area contributed by atoms with Gasteiger partial charge in [-0.05, 0) is 25.8 Å². The maximum absolute atomic E-state index is 5.50. The molecule has 1 unspecified atom stereocenters. The molecule has 1 N–H and O–H groups in total. The van der Waals surface area contributed by atoms with Crippen LogP contribution in [-0.4, -0.2) is 43.1 Å². The Morgan fingerprint density at radius 3 is 2.70 bits per heavy atom. The number of aliphatic imine (C=N–C) groups is 1. The van der Waals surface area contributed by atoms with Crippen LogP contribution in [0.4, 0.5) is 0 Å². The summed E-state index contributed by atoms with van der Waals surface area (Å²) in [6.45, 7) is 6.72. The van der Waals surface area contributed by atoms with Gasteiger partial charge >= 0.3 is 0 Å². The van der Waals surface area contributed by atoms with E-state index in [1.54, 1.807) is 7.11 Å². The van der Waals surface area contributed by atoms with Gasteiger partial charge in [-0.1, -0.05) is 30.3 Å². The number of pyridine rings is 1. The van der Waals surface area contributed by atoms with Gasteiger partial charge in [-0.3, -0.25) is 9.98 Å². The Labute approximate surface area is 179 Å². The molecule has 146 valence electrons. The summed E-state index contributed by atoms with van der Waals surface area (Å²) in [5, 5.41) is 3.47. The van der Waals surface area contributed by atoms with Gasteiger partial charge in [-0.25, -0.2) is 0 Å². The Balaban J connectivity index is 0.00000261. The van der Waals surface area contributed by atoms with Crippen LogP contribution in [0.2, 0.25) is 0 Å². The van der Waals surface area contributed by atoms with Crippen molar-refractivity contribution in [2.75, 3.05) is 27.2 Å². The van der Waals surface area contributed by atoms with Crippen LogP contribution in [0.5, 0.6) is 5.75 Å². The van der Waals surface area contributed by atoms with Crippen LogP contribution in [0.25, 0.3) is 0 Å². The predicted octanol–water partition coefficient (Wildman–Crippen LogP) is 3.89. The fourth-order valence-corrected chi connectivity index (χ4v) is 3.69. The third kappa shape index (κ3) is 4.91. The van der Waals surface area contributed by atoms with Crippen molar-refractivity contribution in [3.05, 3.63) is 58.9 Å². The van der Waals surface area contributed by atoms with E-state index >= 15 is 0 Å². The van der Waals surface area contributed by atoms with Gasteiger partial charge in [0.15, 0.2) is 5.96 Å². The average molecular weight is 480 g/mol. The number of hydrogen-bond acceptors (Lipinski definition) is 3. The van der Waals surface area contributed by atoms with Gasteiger partial charge < -0.3 is 15.0 Å². The molecule has 3 rings (SSSR count). The molecule has 1 atom stereocenters. The highest BCUT2D eigenvalue weighted by atomic mass is 127. The van der Waals surface area contributed by atoms with Crippen molar-refractivity contribution in [1.29, 1.82) is 0 Å². The predicted molar refractivity (Wildman–Crippen MR) is 121 cm³/mol. The van der Waals surface area contributed by atoms with E-state index in [0.717, 1.165) is 48.0 Å². The number of methoxy groups -OCH3 is 1. The van der Waals surface area contributed by atoms with Crippen molar-refractivity contribution in [1.82, 2.24) is 15.2 Å². The van der Waals surface area contributed by atoms with Gasteiger partial charge in [0.1, 0.15) is 5.75 Å². The number of guanidine groups is 1. The summed E-state index contributed by atoms with van der Waals surface area (Å²) in [4.78, 5) is 11.4. The zero-order chi connectivity index (χ0) is 18.5. The normalized spacial score (nSPS) is 16.8. The molecule has 0 saturated carbocycles. The van der Waals surface area contributed by atoms with Crippen molar-refractivity contribution in [3.8, 4) is 5.75 Å². The van der Waals surface area contributed by atoms with Crippen LogP contribution < -0.4 is 10.1 Å². The maximum atomic E-state index is 5.50. The Hall–Kier alpha value is -1.83. The Morgan fingerprint density at radius 2 is 2.04 bits per heavy atom. The fraction of sp³-hybridized carbons (Fsp3) is 0.429. The number of nitrogens with zero attached hydrogens (tertiary/aromatic N) is 3. The number of nitrogens with one attached hydrogen (secondary N) is 1. The molecule has 1 aromatic heterocycles. The molecule has 0 radical (unpaired) electrons. The molecule has 2 aromatic rings. The van der Waals surface area contributed by atoms with Gasteiger partial charge in [-0.15, -0.1) is 24.0 Å². The zero-order valence-corrected chi connectivity index (χ0v) is 18.9. The van der Waals surface area contributed by atoms with Crippen molar-refractivity contribution in [2.45, 2.75) is 32.7 Å². The molecule has 0 spiro atoms. The van der Waals surface area contributed by atoms with Gasteiger partial charge in [0.25, 0.3) is 0 Å². The van der Waals surface area contributed by atoms with Crippen LogP contribution in [0.15, 0.2) is 41.5 Å². The number of halogens is 1. The summed E-state index contributed by atoms with van der Waals surface area (Å²) in [6.07, 6.45) is 3.02. The quantitative estimate of drug-likeness (QED) is 0.410. The fourth-order valence-electron chi connectivity index (χ4n) is 3.69. The number of likely N-dealkylation sites (tertiary alicyclic amines) is 1. The number of rotatable bonds is 4. The molecule has 5 nitrogen and oxygen atoms in total. The average Bonchev–Trinajstić information content (AvgIpc) is 3.15.